The van der Waals surface area contributed by atoms with Crippen LogP contribution in [0.15, 0.2) is 18.3 Å². The van der Waals surface area contributed by atoms with Gasteiger partial charge in [-0.2, -0.15) is 5.26 Å². The Morgan fingerprint density at radius 3 is 2.95 bits per heavy atom. The lowest BCUT2D eigenvalue weighted by Gasteiger charge is -2.37. The van der Waals surface area contributed by atoms with Gasteiger partial charge in [0, 0.05) is 19.8 Å². The topological polar surface area (TPSA) is 69.5 Å². The molecule has 21 heavy (non-hydrogen) atoms. The normalized spacial score (nSPS) is 21.7. The average Bonchev–Trinajstić information content (AvgIpc) is 2.49. The Labute approximate surface area is 124 Å². The minimum Gasteiger partial charge on any atom is -0.375 e. The van der Waals surface area contributed by atoms with Gasteiger partial charge in [-0.15, -0.1) is 0 Å². The van der Waals surface area contributed by atoms with Crippen LogP contribution in [0.1, 0.15) is 19.4 Å². The number of anilines is 1. The number of morpholine rings is 1. The molecule has 1 amide bonds. The van der Waals surface area contributed by atoms with Crippen molar-refractivity contribution in [2.75, 3.05) is 31.6 Å². The van der Waals surface area contributed by atoms with E-state index in [0.29, 0.717) is 24.5 Å². The first-order valence-electron chi connectivity index (χ1n) is 6.99. The molecule has 1 aromatic heterocycles. The van der Waals surface area contributed by atoms with E-state index in [1.807, 2.05) is 31.9 Å². The van der Waals surface area contributed by atoms with Crippen molar-refractivity contribution in [2.45, 2.75) is 26.0 Å². The highest BCUT2D eigenvalue weighted by Gasteiger charge is 2.28. The lowest BCUT2D eigenvalue weighted by Crippen LogP contribution is -2.52. The maximum atomic E-state index is 12.4. The summed E-state index contributed by atoms with van der Waals surface area (Å²) in [6.45, 7) is 5.41. The molecule has 1 saturated heterocycles. The predicted molar refractivity (Wildman–Crippen MR) is 78.8 cm³/mol. The van der Waals surface area contributed by atoms with Crippen molar-refractivity contribution in [1.82, 2.24) is 9.88 Å². The number of hydrogen-bond acceptors (Lipinski definition) is 5. The van der Waals surface area contributed by atoms with Gasteiger partial charge < -0.3 is 14.5 Å². The first kappa shape index (κ1) is 15.3. The number of ether oxygens (including phenoxy) is 1. The number of nitrogens with zero attached hydrogens (tertiary/aromatic N) is 4. The van der Waals surface area contributed by atoms with Gasteiger partial charge in [0.05, 0.1) is 30.9 Å². The molecular formula is C15H20N4O2. The molecule has 0 spiro atoms. The molecule has 1 aromatic rings. The molecule has 1 fully saturated rings. The van der Waals surface area contributed by atoms with Crippen LogP contribution in [0, 0.1) is 11.3 Å². The van der Waals surface area contributed by atoms with Gasteiger partial charge in [-0.25, -0.2) is 4.98 Å². The Bertz CT molecular complexity index is 538. The zero-order chi connectivity index (χ0) is 15.4. The Kier molecular flexibility index (Phi) is 4.76. The van der Waals surface area contributed by atoms with E-state index >= 15 is 0 Å². The van der Waals surface area contributed by atoms with Gasteiger partial charge in [-0.1, -0.05) is 0 Å². The fourth-order valence-corrected chi connectivity index (χ4v) is 2.30. The van der Waals surface area contributed by atoms with E-state index in [1.54, 1.807) is 17.0 Å². The first-order valence-corrected chi connectivity index (χ1v) is 6.99. The van der Waals surface area contributed by atoms with Crippen molar-refractivity contribution in [3.63, 3.8) is 0 Å². The van der Waals surface area contributed by atoms with E-state index in [9.17, 15) is 4.79 Å². The molecule has 0 N–H and O–H groups in total. The fourth-order valence-electron chi connectivity index (χ4n) is 2.30. The van der Waals surface area contributed by atoms with Crippen molar-refractivity contribution in [2.24, 2.45) is 0 Å². The Hall–Kier alpha value is -2.13. The Morgan fingerprint density at radius 2 is 2.33 bits per heavy atom. The summed E-state index contributed by atoms with van der Waals surface area (Å²) in [5.74, 6) is 0.739. The maximum Gasteiger partial charge on any atom is 0.242 e. The maximum absolute atomic E-state index is 12.4. The average molecular weight is 288 g/mol. The van der Waals surface area contributed by atoms with Crippen LogP contribution in [0.2, 0.25) is 0 Å². The quantitative estimate of drug-likeness (QED) is 0.830. The van der Waals surface area contributed by atoms with Gasteiger partial charge in [-0.3, -0.25) is 4.79 Å². The molecule has 1 aliphatic heterocycles. The van der Waals surface area contributed by atoms with E-state index in [-0.39, 0.29) is 24.6 Å². The Balaban J connectivity index is 1.99. The minimum atomic E-state index is 0.0614. The SMILES string of the molecule is C[C@@H]1CN(C(=O)CN(C)c2ccc(C#N)cn2)[C@@H](C)CO1. The first-order chi connectivity index (χ1) is 10.0. The second kappa shape index (κ2) is 6.55. The van der Waals surface area contributed by atoms with E-state index in [2.05, 4.69) is 4.98 Å². The van der Waals surface area contributed by atoms with E-state index < -0.39 is 0 Å². The number of rotatable bonds is 3. The number of amides is 1. The summed E-state index contributed by atoms with van der Waals surface area (Å²) in [5, 5.41) is 8.76. The summed E-state index contributed by atoms with van der Waals surface area (Å²) < 4.78 is 5.54. The highest BCUT2D eigenvalue weighted by atomic mass is 16.5. The molecule has 2 atom stereocenters. The highest BCUT2D eigenvalue weighted by molar-refractivity contribution is 5.81. The molecule has 112 valence electrons. The summed E-state index contributed by atoms with van der Waals surface area (Å²) >= 11 is 0. The second-order valence-electron chi connectivity index (χ2n) is 5.41. The fraction of sp³-hybridized carbons (Fsp3) is 0.533. The highest BCUT2D eigenvalue weighted by Crippen LogP contribution is 2.14. The van der Waals surface area contributed by atoms with Crippen LogP contribution in [0.5, 0.6) is 0 Å². The summed E-state index contributed by atoms with van der Waals surface area (Å²) in [7, 11) is 1.82. The van der Waals surface area contributed by atoms with Crippen LogP contribution in [-0.2, 0) is 9.53 Å². The summed E-state index contributed by atoms with van der Waals surface area (Å²) in [5.41, 5.74) is 0.508. The Morgan fingerprint density at radius 1 is 1.57 bits per heavy atom. The van der Waals surface area contributed by atoms with Gasteiger partial charge in [0.2, 0.25) is 5.91 Å². The van der Waals surface area contributed by atoms with Crippen molar-refractivity contribution >= 4 is 11.7 Å². The van der Waals surface area contributed by atoms with Crippen LogP contribution < -0.4 is 4.90 Å². The van der Waals surface area contributed by atoms with E-state index in [1.165, 1.54) is 6.20 Å². The molecule has 2 heterocycles. The molecule has 0 radical (unpaired) electrons. The largest absolute Gasteiger partial charge is 0.375 e. The lowest BCUT2D eigenvalue weighted by molar-refractivity contribution is -0.141. The van der Waals surface area contributed by atoms with Crippen LogP contribution in [0.25, 0.3) is 0 Å². The van der Waals surface area contributed by atoms with Gasteiger partial charge in [0.25, 0.3) is 0 Å². The standard InChI is InChI=1S/C15H20N4O2/c1-11-10-21-12(2)8-19(11)15(20)9-18(3)14-5-4-13(6-16)7-17-14/h4-5,7,11-12H,8-10H2,1-3H3/t11-,12+/m0/s1. The number of aromatic nitrogens is 1. The molecule has 0 aromatic carbocycles. The zero-order valence-corrected chi connectivity index (χ0v) is 12.6. The van der Waals surface area contributed by atoms with Crippen molar-refractivity contribution in [1.29, 1.82) is 5.26 Å². The third-order valence-electron chi connectivity index (χ3n) is 3.57. The van der Waals surface area contributed by atoms with Crippen molar-refractivity contribution in [3.05, 3.63) is 23.9 Å². The van der Waals surface area contributed by atoms with Gasteiger partial charge in [0.1, 0.15) is 11.9 Å². The summed E-state index contributed by atoms with van der Waals surface area (Å²) in [6, 6.07) is 5.56. The molecule has 6 heteroatoms. The number of likely N-dealkylation sites (N-methyl/N-ethyl adjacent to an activating group) is 1. The molecular weight excluding hydrogens is 268 g/mol. The van der Waals surface area contributed by atoms with E-state index in [4.69, 9.17) is 10.00 Å². The number of carbonyl (C=O) groups is 1. The molecule has 0 saturated carbocycles. The zero-order valence-electron chi connectivity index (χ0n) is 12.6. The van der Waals surface area contributed by atoms with Crippen molar-refractivity contribution in [3.8, 4) is 6.07 Å². The van der Waals surface area contributed by atoms with Crippen LogP contribution in [0.4, 0.5) is 5.82 Å². The summed E-state index contributed by atoms with van der Waals surface area (Å²) in [4.78, 5) is 20.2. The van der Waals surface area contributed by atoms with Crippen molar-refractivity contribution < 1.29 is 9.53 Å². The van der Waals surface area contributed by atoms with E-state index in [0.717, 1.165) is 0 Å². The van der Waals surface area contributed by atoms with Gasteiger partial charge >= 0.3 is 0 Å². The molecule has 6 nitrogen and oxygen atoms in total. The molecule has 0 bridgehead atoms. The molecule has 2 rings (SSSR count). The van der Waals surface area contributed by atoms with Crippen LogP contribution in [-0.4, -0.2) is 54.7 Å². The third-order valence-corrected chi connectivity index (χ3v) is 3.57. The number of nitriles is 1. The van der Waals surface area contributed by atoms with Gasteiger partial charge in [-0.05, 0) is 26.0 Å². The number of carbonyl (C=O) groups excluding carboxylic acids is 1. The second-order valence-corrected chi connectivity index (χ2v) is 5.41. The third kappa shape index (κ3) is 3.70. The van der Waals surface area contributed by atoms with Crippen LogP contribution in [0.3, 0.4) is 0 Å². The van der Waals surface area contributed by atoms with Crippen LogP contribution >= 0.6 is 0 Å². The molecule has 0 unspecified atom stereocenters. The predicted octanol–water partition coefficient (Wildman–Crippen LogP) is 1.03. The minimum absolute atomic E-state index is 0.0614. The smallest absolute Gasteiger partial charge is 0.242 e. The lowest BCUT2D eigenvalue weighted by atomic mass is 10.2. The summed E-state index contributed by atoms with van der Waals surface area (Å²) in [6.07, 6.45) is 1.58. The number of hydrogen-bond donors (Lipinski definition) is 0. The monoisotopic (exact) mass is 288 g/mol. The molecule has 0 aliphatic carbocycles. The van der Waals surface area contributed by atoms with Gasteiger partial charge in [0.15, 0.2) is 0 Å². The number of pyridine rings is 1. The molecule has 1 aliphatic rings.